The summed E-state index contributed by atoms with van der Waals surface area (Å²) in [4.78, 5) is 25.1. The van der Waals surface area contributed by atoms with Crippen molar-refractivity contribution >= 4 is 29.2 Å². The fraction of sp³-hybridized carbons (Fsp3) is 0.500. The number of carboxylic acids is 1. The maximum Gasteiger partial charge on any atom is 0.330 e. The number of rotatable bonds is 5. The Kier molecular flexibility index (Phi) is 5.72. The Labute approximate surface area is 170 Å². The summed E-state index contributed by atoms with van der Waals surface area (Å²) in [7, 11) is 0. The Morgan fingerprint density at radius 2 is 1.86 bits per heavy atom. The Morgan fingerprint density at radius 1 is 1.24 bits per heavy atom. The fourth-order valence-electron chi connectivity index (χ4n) is 3.61. The topological polar surface area (TPSA) is 66.8 Å². The maximum absolute atomic E-state index is 14.9. The van der Waals surface area contributed by atoms with Gasteiger partial charge in [-0.25, -0.2) is 18.0 Å². The van der Waals surface area contributed by atoms with Crippen LogP contribution < -0.4 is 9.64 Å². The molecule has 0 atom stereocenters. The van der Waals surface area contributed by atoms with Crippen molar-refractivity contribution in [1.29, 1.82) is 0 Å². The molecule has 29 heavy (non-hydrogen) atoms. The summed E-state index contributed by atoms with van der Waals surface area (Å²) in [6, 6.07) is 2.01. The molecule has 2 fully saturated rings. The van der Waals surface area contributed by atoms with E-state index in [1.165, 1.54) is 0 Å². The van der Waals surface area contributed by atoms with E-state index < -0.39 is 60.5 Å². The number of carboxylic acid groups (broad SMARTS) is 1. The molecule has 0 aliphatic heterocycles. The van der Waals surface area contributed by atoms with Crippen LogP contribution in [-0.2, 0) is 9.59 Å². The largest absolute Gasteiger partial charge is 0.489 e. The molecule has 0 bridgehead atoms. The molecule has 156 valence electrons. The lowest BCUT2D eigenvalue weighted by atomic mass is 9.78. The first-order valence-corrected chi connectivity index (χ1v) is 9.55. The minimum Gasteiger partial charge on any atom is -0.489 e. The highest BCUT2D eigenvalue weighted by Gasteiger charge is 2.54. The second kappa shape index (κ2) is 7.79. The van der Waals surface area contributed by atoms with Crippen LogP contribution >= 0.6 is 11.6 Å². The number of benzene rings is 1. The highest BCUT2D eigenvalue weighted by Crippen LogP contribution is 2.45. The number of amides is 1. The molecule has 0 saturated heterocycles. The minimum atomic E-state index is -3.07. The van der Waals surface area contributed by atoms with Crippen molar-refractivity contribution in [3.8, 4) is 18.1 Å². The smallest absolute Gasteiger partial charge is 0.330 e. The van der Waals surface area contributed by atoms with Crippen LogP contribution in [0.1, 0.15) is 44.9 Å². The number of carbonyl (C=O) groups is 2. The van der Waals surface area contributed by atoms with Gasteiger partial charge in [0.15, 0.2) is 5.82 Å². The number of aliphatic carboxylic acids is 1. The normalized spacial score (nSPS) is 20.2. The highest BCUT2D eigenvalue weighted by molar-refractivity contribution is 6.32. The van der Waals surface area contributed by atoms with Gasteiger partial charge in [0.1, 0.15) is 11.3 Å². The molecule has 1 aromatic rings. The number of hydrogen-bond donors (Lipinski definition) is 1. The predicted octanol–water partition coefficient (Wildman–Crippen LogP) is 4.41. The summed E-state index contributed by atoms with van der Waals surface area (Å²) in [5.74, 6) is -4.91. The lowest BCUT2D eigenvalue weighted by Gasteiger charge is -2.44. The number of terminal acetylenes is 1. The minimum absolute atomic E-state index is 0.0372. The molecule has 1 aromatic carbocycles. The molecule has 2 aliphatic carbocycles. The summed E-state index contributed by atoms with van der Waals surface area (Å²) < 4.78 is 47.9. The number of alkyl halides is 2. The third kappa shape index (κ3) is 4.01. The molecular weight excluding hydrogens is 411 g/mol. The van der Waals surface area contributed by atoms with E-state index in [4.69, 9.17) is 22.8 Å². The van der Waals surface area contributed by atoms with Crippen molar-refractivity contribution in [2.45, 2.75) is 62.5 Å². The number of hydrogen-bond acceptors (Lipinski definition) is 3. The van der Waals surface area contributed by atoms with Gasteiger partial charge in [-0.1, -0.05) is 11.6 Å². The Balaban J connectivity index is 2.04. The molecule has 1 amide bonds. The molecule has 9 heteroatoms. The monoisotopic (exact) mass is 429 g/mol. The summed E-state index contributed by atoms with van der Waals surface area (Å²) >= 11 is 6.18. The molecule has 3 rings (SSSR count). The molecule has 2 aliphatic rings. The number of nitrogens with zero attached hydrogens (tertiary/aromatic N) is 1. The van der Waals surface area contributed by atoms with Gasteiger partial charge in [0.2, 0.25) is 5.92 Å². The molecular formula is C20H19ClF3NO4. The zero-order valence-corrected chi connectivity index (χ0v) is 16.1. The number of halogens is 4. The van der Waals surface area contributed by atoms with Gasteiger partial charge in [-0.2, -0.15) is 0 Å². The lowest BCUT2D eigenvalue weighted by Crippen LogP contribution is -2.60. The van der Waals surface area contributed by atoms with Crippen molar-refractivity contribution in [3.05, 3.63) is 23.0 Å². The van der Waals surface area contributed by atoms with E-state index in [9.17, 15) is 27.9 Å². The van der Waals surface area contributed by atoms with Crippen LogP contribution in [0.2, 0.25) is 5.02 Å². The number of ether oxygens (including phenoxy) is 1. The van der Waals surface area contributed by atoms with Gasteiger partial charge in [-0.05, 0) is 44.1 Å². The molecule has 0 aromatic heterocycles. The lowest BCUT2D eigenvalue weighted by molar-refractivity contribution is -0.150. The molecule has 2 saturated carbocycles. The Morgan fingerprint density at radius 3 is 2.34 bits per heavy atom. The first kappa shape index (κ1) is 21.3. The summed E-state index contributed by atoms with van der Waals surface area (Å²) in [6.45, 7) is 0. The second-order valence-corrected chi connectivity index (χ2v) is 7.79. The molecule has 0 unspecified atom stereocenters. The quantitative estimate of drug-likeness (QED) is 0.704. The van der Waals surface area contributed by atoms with E-state index in [-0.39, 0.29) is 16.9 Å². The predicted molar refractivity (Wildman–Crippen MR) is 99.8 cm³/mol. The van der Waals surface area contributed by atoms with Gasteiger partial charge in [-0.3, -0.25) is 9.69 Å². The third-order valence-corrected chi connectivity index (χ3v) is 5.84. The molecule has 0 radical (unpaired) electrons. The average molecular weight is 430 g/mol. The van der Waals surface area contributed by atoms with Gasteiger partial charge in [0, 0.05) is 18.9 Å². The van der Waals surface area contributed by atoms with E-state index in [1.807, 2.05) is 0 Å². The fourth-order valence-corrected chi connectivity index (χ4v) is 3.81. The van der Waals surface area contributed by atoms with Gasteiger partial charge >= 0.3 is 11.9 Å². The standard InChI is InChI=1S/C20H19ClF3NO4/c1-2-17(26)25(19(18(27)28)6-8-20(23,24)9-7-19)15-10-13(21)16(11-14(15)22)29-12-4-3-5-12/h1,10-12H,3-9H2,(H,27,28). The van der Waals surface area contributed by atoms with Crippen LogP contribution in [0.4, 0.5) is 18.9 Å². The molecule has 0 spiro atoms. The van der Waals surface area contributed by atoms with Crippen LogP contribution in [0.3, 0.4) is 0 Å². The second-order valence-electron chi connectivity index (χ2n) is 7.38. The van der Waals surface area contributed by atoms with Gasteiger partial charge in [0.05, 0.1) is 16.8 Å². The van der Waals surface area contributed by atoms with Gasteiger partial charge < -0.3 is 9.84 Å². The third-order valence-electron chi connectivity index (χ3n) is 5.55. The summed E-state index contributed by atoms with van der Waals surface area (Å²) in [5.41, 5.74) is -2.59. The van der Waals surface area contributed by atoms with E-state index in [1.54, 1.807) is 5.92 Å². The van der Waals surface area contributed by atoms with Crippen LogP contribution in [0.25, 0.3) is 0 Å². The van der Waals surface area contributed by atoms with Crippen molar-refractivity contribution in [1.82, 2.24) is 0 Å². The van der Waals surface area contributed by atoms with E-state index in [2.05, 4.69) is 0 Å². The average Bonchev–Trinajstić information content (AvgIpc) is 2.62. The first-order chi connectivity index (χ1) is 13.6. The molecule has 0 heterocycles. The van der Waals surface area contributed by atoms with E-state index in [0.717, 1.165) is 31.4 Å². The van der Waals surface area contributed by atoms with Crippen molar-refractivity contribution in [3.63, 3.8) is 0 Å². The van der Waals surface area contributed by atoms with E-state index >= 15 is 0 Å². The van der Waals surface area contributed by atoms with Crippen LogP contribution in [0, 0.1) is 18.2 Å². The highest BCUT2D eigenvalue weighted by atomic mass is 35.5. The Bertz CT molecular complexity index is 869. The van der Waals surface area contributed by atoms with Gasteiger partial charge in [-0.15, -0.1) is 6.42 Å². The number of anilines is 1. The first-order valence-electron chi connectivity index (χ1n) is 9.17. The number of carbonyl (C=O) groups excluding carboxylic acids is 1. The van der Waals surface area contributed by atoms with Crippen LogP contribution in [0.5, 0.6) is 5.75 Å². The Hall–Kier alpha value is -2.40. The van der Waals surface area contributed by atoms with Crippen LogP contribution in [-0.4, -0.2) is 34.5 Å². The molecule has 1 N–H and O–H groups in total. The van der Waals surface area contributed by atoms with Crippen LogP contribution in [0.15, 0.2) is 12.1 Å². The maximum atomic E-state index is 14.9. The van der Waals surface area contributed by atoms with Crippen molar-refractivity contribution in [2.24, 2.45) is 0 Å². The van der Waals surface area contributed by atoms with Crippen molar-refractivity contribution < 1.29 is 32.6 Å². The molecule has 5 nitrogen and oxygen atoms in total. The zero-order valence-electron chi connectivity index (χ0n) is 15.4. The zero-order chi connectivity index (χ0) is 21.4. The van der Waals surface area contributed by atoms with Gasteiger partial charge in [0.25, 0.3) is 0 Å². The summed E-state index contributed by atoms with van der Waals surface area (Å²) in [6.07, 6.45) is 4.97. The van der Waals surface area contributed by atoms with Crippen molar-refractivity contribution in [2.75, 3.05) is 4.90 Å². The SMILES string of the molecule is C#CC(=O)N(c1cc(Cl)c(OC2CCC2)cc1F)C1(C(=O)O)CCC(F)(F)CC1. The summed E-state index contributed by atoms with van der Waals surface area (Å²) in [5, 5.41) is 9.78. The van der Waals surface area contributed by atoms with E-state index in [0.29, 0.717) is 4.90 Å².